The van der Waals surface area contributed by atoms with Gasteiger partial charge in [0.2, 0.25) is 0 Å². The zero-order valence-corrected chi connectivity index (χ0v) is 17.2. The first-order valence-electron chi connectivity index (χ1n) is 8.85. The first kappa shape index (κ1) is 18.7. The lowest BCUT2D eigenvalue weighted by molar-refractivity contribution is 0.0786. The maximum Gasteiger partial charge on any atom is 0.264 e. The Kier molecular flexibility index (Phi) is 4.93. The first-order valence-corrected chi connectivity index (χ1v) is 10.0. The number of nitrogens with one attached hydrogen (secondary N) is 1. The molecule has 0 bridgehead atoms. The van der Waals surface area contributed by atoms with Gasteiger partial charge in [0.25, 0.3) is 5.91 Å². The molecule has 2 fully saturated rings. The highest BCUT2D eigenvalue weighted by Gasteiger charge is 2.38. The van der Waals surface area contributed by atoms with Gasteiger partial charge in [0.1, 0.15) is 4.83 Å². The summed E-state index contributed by atoms with van der Waals surface area (Å²) in [5, 5.41) is 9.82. The fourth-order valence-electron chi connectivity index (χ4n) is 4.09. The molecule has 0 saturated carbocycles. The molecular formula is C19H20Cl2N4OS. The number of nitrogens with zero attached hydrogens (tertiary/aromatic N) is 3. The molecule has 2 saturated heterocycles. The number of likely N-dealkylation sites (tertiary alicyclic amines) is 1. The molecule has 1 N–H and O–H groups in total. The Morgan fingerprint density at radius 1 is 1.22 bits per heavy atom. The molecule has 5 rings (SSSR count). The molecule has 8 heteroatoms. The van der Waals surface area contributed by atoms with Crippen molar-refractivity contribution in [2.45, 2.75) is 6.92 Å². The number of hydrogen-bond acceptors (Lipinski definition) is 4. The fraction of sp³-hybridized carbons (Fsp3) is 0.368. The topological polar surface area (TPSA) is 50.2 Å². The molecule has 2 atom stereocenters. The summed E-state index contributed by atoms with van der Waals surface area (Å²) < 4.78 is 1.91. The van der Waals surface area contributed by atoms with E-state index in [1.165, 1.54) is 11.3 Å². The number of carbonyl (C=O) groups is 1. The Hall–Kier alpha value is -1.60. The van der Waals surface area contributed by atoms with Crippen molar-refractivity contribution in [3.63, 3.8) is 0 Å². The molecule has 27 heavy (non-hydrogen) atoms. The molecule has 5 nitrogen and oxygen atoms in total. The average Bonchev–Trinajstić information content (AvgIpc) is 3.36. The first-order chi connectivity index (χ1) is 12.6. The third-order valence-electron chi connectivity index (χ3n) is 5.50. The number of halogens is 2. The maximum atomic E-state index is 13.0. The molecule has 2 aliphatic heterocycles. The fourth-order valence-corrected chi connectivity index (χ4v) is 5.36. The monoisotopic (exact) mass is 422 g/mol. The Balaban J connectivity index is 0.00000180. The molecule has 1 amide bonds. The second-order valence-electron chi connectivity index (χ2n) is 7.19. The zero-order chi connectivity index (χ0) is 17.8. The molecule has 142 valence electrons. The molecule has 1 aromatic carbocycles. The van der Waals surface area contributed by atoms with E-state index >= 15 is 0 Å². The van der Waals surface area contributed by atoms with Crippen LogP contribution in [0.1, 0.15) is 15.4 Å². The van der Waals surface area contributed by atoms with E-state index in [0.29, 0.717) is 16.9 Å². The van der Waals surface area contributed by atoms with E-state index in [-0.39, 0.29) is 18.3 Å². The van der Waals surface area contributed by atoms with E-state index in [4.69, 9.17) is 11.6 Å². The third-order valence-corrected chi connectivity index (χ3v) is 6.85. The zero-order valence-electron chi connectivity index (χ0n) is 14.8. The van der Waals surface area contributed by atoms with Gasteiger partial charge < -0.3 is 10.2 Å². The number of hydrogen-bond donors (Lipinski definition) is 1. The van der Waals surface area contributed by atoms with E-state index in [2.05, 4.69) is 10.4 Å². The SMILES string of the molecule is Cc1nn(-c2ccc(Cl)cc2)c2sc(C(=O)N3C[C@H]4CNC[C@H]4C3)cc12.Cl. The highest BCUT2D eigenvalue weighted by atomic mass is 35.5. The minimum Gasteiger partial charge on any atom is -0.337 e. The summed E-state index contributed by atoms with van der Waals surface area (Å²) in [4.78, 5) is 16.9. The number of rotatable bonds is 2. The van der Waals surface area contributed by atoms with E-state index < -0.39 is 0 Å². The highest BCUT2D eigenvalue weighted by molar-refractivity contribution is 7.20. The summed E-state index contributed by atoms with van der Waals surface area (Å²) >= 11 is 7.53. The van der Waals surface area contributed by atoms with Crippen LogP contribution >= 0.6 is 35.3 Å². The van der Waals surface area contributed by atoms with Crippen LogP contribution in [0.5, 0.6) is 0 Å². The minimum absolute atomic E-state index is 0. The molecule has 0 aliphatic carbocycles. The number of aromatic nitrogens is 2. The number of fused-ring (bicyclic) bond motifs is 2. The van der Waals surface area contributed by atoms with Crippen molar-refractivity contribution >= 4 is 51.5 Å². The summed E-state index contributed by atoms with van der Waals surface area (Å²) in [6.45, 7) is 5.79. The van der Waals surface area contributed by atoms with Crippen LogP contribution in [0.4, 0.5) is 0 Å². The van der Waals surface area contributed by atoms with Gasteiger partial charge in [0.15, 0.2) is 0 Å². The van der Waals surface area contributed by atoms with Crippen LogP contribution in [0.3, 0.4) is 0 Å². The van der Waals surface area contributed by atoms with Gasteiger partial charge in [-0.15, -0.1) is 23.7 Å². The predicted molar refractivity (Wildman–Crippen MR) is 112 cm³/mol. The third kappa shape index (κ3) is 3.14. The molecule has 4 heterocycles. The number of aryl methyl sites for hydroxylation is 1. The van der Waals surface area contributed by atoms with E-state index in [1.54, 1.807) is 0 Å². The van der Waals surface area contributed by atoms with E-state index in [0.717, 1.165) is 52.7 Å². The van der Waals surface area contributed by atoms with Crippen molar-refractivity contribution in [2.75, 3.05) is 26.2 Å². The van der Waals surface area contributed by atoms with Gasteiger partial charge in [0, 0.05) is 36.6 Å². The summed E-state index contributed by atoms with van der Waals surface area (Å²) in [6.07, 6.45) is 0. The van der Waals surface area contributed by atoms with Crippen molar-refractivity contribution < 1.29 is 4.79 Å². The summed E-state index contributed by atoms with van der Waals surface area (Å²) in [7, 11) is 0. The summed E-state index contributed by atoms with van der Waals surface area (Å²) in [5.74, 6) is 1.38. The Morgan fingerprint density at radius 3 is 2.56 bits per heavy atom. The Morgan fingerprint density at radius 2 is 1.89 bits per heavy atom. The molecule has 3 aromatic rings. The maximum absolute atomic E-state index is 13.0. The van der Waals surface area contributed by atoms with Crippen molar-refractivity contribution in [2.24, 2.45) is 11.8 Å². The van der Waals surface area contributed by atoms with Gasteiger partial charge >= 0.3 is 0 Å². The van der Waals surface area contributed by atoms with Crippen molar-refractivity contribution in [1.29, 1.82) is 0 Å². The lowest BCUT2D eigenvalue weighted by Gasteiger charge is -2.16. The largest absolute Gasteiger partial charge is 0.337 e. The van der Waals surface area contributed by atoms with Crippen LogP contribution in [0.2, 0.25) is 5.02 Å². The van der Waals surface area contributed by atoms with Crippen molar-refractivity contribution in [3.05, 3.63) is 45.9 Å². The minimum atomic E-state index is 0. The van der Waals surface area contributed by atoms with Crippen molar-refractivity contribution in [3.8, 4) is 5.69 Å². The van der Waals surface area contributed by atoms with Crippen LogP contribution in [0.15, 0.2) is 30.3 Å². The van der Waals surface area contributed by atoms with Gasteiger partial charge in [0.05, 0.1) is 16.3 Å². The van der Waals surface area contributed by atoms with Gasteiger partial charge in [-0.1, -0.05) is 11.6 Å². The number of amides is 1. The molecule has 2 aromatic heterocycles. The van der Waals surface area contributed by atoms with E-state index in [9.17, 15) is 4.79 Å². The lowest BCUT2D eigenvalue weighted by Crippen LogP contribution is -2.31. The standard InChI is InChI=1S/C19H19ClN4OS.ClH/c1-11-16-6-17(18(25)23-9-12-7-21-8-13(12)10-23)26-19(16)24(22-11)15-4-2-14(20)3-5-15;/h2-6,12-13,21H,7-10H2,1H3;1H/t12-,13+;. The second kappa shape index (κ2) is 7.09. The number of thiophene rings is 1. The Bertz CT molecular complexity index is 985. The summed E-state index contributed by atoms with van der Waals surface area (Å²) in [5.41, 5.74) is 1.89. The van der Waals surface area contributed by atoms with Gasteiger partial charge in [-0.05, 0) is 49.1 Å². The van der Waals surface area contributed by atoms with Gasteiger partial charge in [-0.3, -0.25) is 4.79 Å². The normalized spacial score (nSPS) is 21.5. The number of benzene rings is 1. The lowest BCUT2D eigenvalue weighted by atomic mass is 10.0. The van der Waals surface area contributed by atoms with Crippen LogP contribution < -0.4 is 5.32 Å². The molecule has 0 spiro atoms. The van der Waals surface area contributed by atoms with Gasteiger partial charge in [-0.25, -0.2) is 4.68 Å². The van der Waals surface area contributed by atoms with Crippen LogP contribution in [0.25, 0.3) is 15.9 Å². The molecule has 0 unspecified atom stereocenters. The Labute approximate surface area is 172 Å². The highest BCUT2D eigenvalue weighted by Crippen LogP contribution is 2.33. The summed E-state index contributed by atoms with van der Waals surface area (Å²) in [6, 6.07) is 9.62. The predicted octanol–water partition coefficient (Wildman–Crippen LogP) is 3.76. The average molecular weight is 423 g/mol. The van der Waals surface area contributed by atoms with Crippen LogP contribution in [0, 0.1) is 18.8 Å². The van der Waals surface area contributed by atoms with E-state index in [1.807, 2.05) is 46.8 Å². The quantitative estimate of drug-likeness (QED) is 0.683. The van der Waals surface area contributed by atoms with Crippen LogP contribution in [-0.2, 0) is 0 Å². The smallest absolute Gasteiger partial charge is 0.264 e. The van der Waals surface area contributed by atoms with Crippen LogP contribution in [-0.4, -0.2) is 46.8 Å². The van der Waals surface area contributed by atoms with Gasteiger partial charge in [-0.2, -0.15) is 5.10 Å². The molecule has 2 aliphatic rings. The number of carbonyl (C=O) groups excluding carboxylic acids is 1. The van der Waals surface area contributed by atoms with Crippen molar-refractivity contribution in [1.82, 2.24) is 20.0 Å². The second-order valence-corrected chi connectivity index (χ2v) is 8.66. The molecule has 0 radical (unpaired) electrons. The molecular weight excluding hydrogens is 403 g/mol.